The van der Waals surface area contributed by atoms with Crippen LogP contribution < -0.4 is 0 Å². The van der Waals surface area contributed by atoms with Crippen molar-refractivity contribution in [3.8, 4) is 5.75 Å². The molecule has 2 N–H and O–H groups in total. The lowest BCUT2D eigenvalue weighted by molar-refractivity contribution is -0.116. The van der Waals surface area contributed by atoms with Gasteiger partial charge in [-0.3, -0.25) is 4.79 Å². The Bertz CT molecular complexity index is 485. The number of rotatable bonds is 2. The van der Waals surface area contributed by atoms with Crippen LogP contribution in [0.2, 0.25) is 0 Å². The number of benzene rings is 1. The fourth-order valence-electron chi connectivity index (χ4n) is 1.64. The van der Waals surface area contributed by atoms with E-state index in [2.05, 4.69) is 4.98 Å². The largest absolute Gasteiger partial charge is 0.507 e. The van der Waals surface area contributed by atoms with Crippen molar-refractivity contribution in [2.75, 3.05) is 0 Å². The molecule has 72 valence electrons. The molecule has 0 bridgehead atoms. The van der Waals surface area contributed by atoms with E-state index in [4.69, 9.17) is 0 Å². The number of nitrogens with one attached hydrogen (secondary N) is 1. The van der Waals surface area contributed by atoms with E-state index in [9.17, 15) is 9.90 Å². The average molecular weight is 189 g/mol. The van der Waals surface area contributed by atoms with E-state index in [-0.39, 0.29) is 11.5 Å². The number of aromatic hydroxyl groups is 1. The van der Waals surface area contributed by atoms with E-state index < -0.39 is 0 Å². The molecule has 1 heterocycles. The normalized spacial score (nSPS) is 10.6. The zero-order valence-corrected chi connectivity index (χ0v) is 7.87. The molecule has 0 spiro atoms. The molecule has 0 aliphatic carbocycles. The van der Waals surface area contributed by atoms with Gasteiger partial charge in [0.1, 0.15) is 11.5 Å². The number of phenols is 1. The summed E-state index contributed by atoms with van der Waals surface area (Å²) in [6.07, 6.45) is 2.13. The number of fused-ring (bicyclic) bond motifs is 1. The summed E-state index contributed by atoms with van der Waals surface area (Å²) in [6, 6.07) is 5.27. The van der Waals surface area contributed by atoms with Crippen molar-refractivity contribution in [3.63, 3.8) is 0 Å². The van der Waals surface area contributed by atoms with Gasteiger partial charge in [-0.2, -0.15) is 0 Å². The minimum Gasteiger partial charge on any atom is -0.507 e. The van der Waals surface area contributed by atoms with E-state index >= 15 is 0 Å². The number of carbonyl (C=O) groups excluding carboxylic acids is 1. The Morgan fingerprint density at radius 3 is 3.00 bits per heavy atom. The third-order valence-electron chi connectivity index (χ3n) is 2.20. The first-order valence-corrected chi connectivity index (χ1v) is 4.46. The fraction of sp³-hybridized carbons (Fsp3) is 0.182. The van der Waals surface area contributed by atoms with Crippen molar-refractivity contribution < 1.29 is 9.90 Å². The lowest BCUT2D eigenvalue weighted by Gasteiger charge is -1.97. The van der Waals surface area contributed by atoms with Crippen molar-refractivity contribution in [2.24, 2.45) is 0 Å². The first kappa shape index (κ1) is 8.81. The number of Topliss-reactive ketones (excluding diaryl/α,β-unsaturated/α-hetero) is 1. The molecule has 2 rings (SSSR count). The molecule has 3 heteroatoms. The van der Waals surface area contributed by atoms with Gasteiger partial charge in [-0.1, -0.05) is 6.07 Å². The molecule has 0 saturated heterocycles. The maximum Gasteiger partial charge on any atom is 0.134 e. The predicted octanol–water partition coefficient (Wildman–Crippen LogP) is 2.01. The molecule has 14 heavy (non-hydrogen) atoms. The molecule has 0 aliphatic rings. The third-order valence-corrected chi connectivity index (χ3v) is 2.20. The van der Waals surface area contributed by atoms with Gasteiger partial charge < -0.3 is 10.1 Å². The SMILES string of the molecule is CC(=O)Cc1c[nH]c2cccc(O)c12. The highest BCUT2D eigenvalue weighted by atomic mass is 16.3. The number of phenolic OH excluding ortho intramolecular Hbond substituents is 1. The van der Waals surface area contributed by atoms with Gasteiger partial charge in [0.05, 0.1) is 0 Å². The maximum atomic E-state index is 11.0. The summed E-state index contributed by atoms with van der Waals surface area (Å²) in [6.45, 7) is 1.54. The molecule has 1 aromatic heterocycles. The minimum absolute atomic E-state index is 0.0918. The Balaban J connectivity index is 2.61. The monoisotopic (exact) mass is 189 g/mol. The van der Waals surface area contributed by atoms with Crippen LogP contribution in [0.1, 0.15) is 12.5 Å². The number of ketones is 1. The van der Waals surface area contributed by atoms with Crippen LogP contribution in [-0.4, -0.2) is 15.9 Å². The molecule has 0 aliphatic heterocycles. The topological polar surface area (TPSA) is 53.1 Å². The van der Waals surface area contributed by atoms with Crippen LogP contribution in [0.25, 0.3) is 10.9 Å². The van der Waals surface area contributed by atoms with E-state index in [1.807, 2.05) is 6.07 Å². The van der Waals surface area contributed by atoms with Crippen LogP contribution in [0.15, 0.2) is 24.4 Å². The summed E-state index contributed by atoms with van der Waals surface area (Å²) in [5.74, 6) is 0.314. The Morgan fingerprint density at radius 2 is 2.29 bits per heavy atom. The van der Waals surface area contributed by atoms with E-state index in [0.717, 1.165) is 16.5 Å². The van der Waals surface area contributed by atoms with Gasteiger partial charge >= 0.3 is 0 Å². The van der Waals surface area contributed by atoms with Gasteiger partial charge in [0.25, 0.3) is 0 Å². The third kappa shape index (κ3) is 1.37. The second kappa shape index (κ2) is 3.18. The number of aromatic amines is 1. The summed E-state index contributed by atoms with van der Waals surface area (Å²) < 4.78 is 0. The highest BCUT2D eigenvalue weighted by Crippen LogP contribution is 2.27. The lowest BCUT2D eigenvalue weighted by atomic mass is 10.1. The van der Waals surface area contributed by atoms with Crippen LogP contribution in [0, 0.1) is 0 Å². The molecule has 1 aromatic carbocycles. The van der Waals surface area contributed by atoms with Crippen molar-refractivity contribution in [2.45, 2.75) is 13.3 Å². The van der Waals surface area contributed by atoms with Crippen LogP contribution >= 0.6 is 0 Å². The van der Waals surface area contributed by atoms with Gasteiger partial charge in [0.15, 0.2) is 0 Å². The van der Waals surface area contributed by atoms with E-state index in [1.165, 1.54) is 0 Å². The fourth-order valence-corrected chi connectivity index (χ4v) is 1.64. The second-order valence-corrected chi connectivity index (χ2v) is 3.39. The Morgan fingerprint density at radius 1 is 1.50 bits per heavy atom. The number of H-pyrrole nitrogens is 1. The summed E-state index contributed by atoms with van der Waals surface area (Å²) in [7, 11) is 0. The van der Waals surface area contributed by atoms with Crippen LogP contribution in [0.3, 0.4) is 0 Å². The average Bonchev–Trinajstić information content (AvgIpc) is 2.49. The van der Waals surface area contributed by atoms with Gasteiger partial charge in [-0.05, 0) is 24.6 Å². The maximum absolute atomic E-state index is 11.0. The molecule has 0 atom stereocenters. The molecule has 3 nitrogen and oxygen atoms in total. The molecule has 0 saturated carbocycles. The van der Waals surface area contributed by atoms with Gasteiger partial charge in [0, 0.05) is 23.5 Å². The highest BCUT2D eigenvalue weighted by molar-refractivity contribution is 5.92. The van der Waals surface area contributed by atoms with Gasteiger partial charge in [-0.15, -0.1) is 0 Å². The lowest BCUT2D eigenvalue weighted by Crippen LogP contribution is -1.94. The highest BCUT2D eigenvalue weighted by Gasteiger charge is 2.08. The molecular weight excluding hydrogens is 178 g/mol. The first-order chi connectivity index (χ1) is 6.68. The molecule has 0 amide bonds. The predicted molar refractivity (Wildman–Crippen MR) is 54.3 cm³/mol. The summed E-state index contributed by atoms with van der Waals surface area (Å²) in [5, 5.41) is 10.4. The van der Waals surface area contributed by atoms with Crippen molar-refractivity contribution >= 4 is 16.7 Å². The van der Waals surface area contributed by atoms with Crippen molar-refractivity contribution in [1.29, 1.82) is 0 Å². The summed E-state index contributed by atoms with van der Waals surface area (Å²) in [5.41, 5.74) is 1.71. The Hall–Kier alpha value is -1.77. The quantitative estimate of drug-likeness (QED) is 0.759. The van der Waals surface area contributed by atoms with Gasteiger partial charge in [-0.25, -0.2) is 0 Å². The number of hydrogen-bond donors (Lipinski definition) is 2. The summed E-state index contributed by atoms with van der Waals surface area (Å²) in [4.78, 5) is 14.0. The van der Waals surface area contributed by atoms with Gasteiger partial charge in [0.2, 0.25) is 0 Å². The van der Waals surface area contributed by atoms with E-state index in [0.29, 0.717) is 6.42 Å². The minimum atomic E-state index is 0.0918. The molecule has 0 radical (unpaired) electrons. The van der Waals surface area contributed by atoms with E-state index in [1.54, 1.807) is 25.3 Å². The zero-order chi connectivity index (χ0) is 10.1. The molecule has 2 aromatic rings. The Labute approximate surface area is 81.4 Å². The Kier molecular flexibility index (Phi) is 2.00. The number of carbonyl (C=O) groups is 1. The molecule has 0 unspecified atom stereocenters. The molecule has 0 fully saturated rings. The standard InChI is InChI=1S/C11H11NO2/c1-7(13)5-8-6-12-9-3-2-4-10(14)11(8)9/h2-4,6,12,14H,5H2,1H3. The number of hydrogen-bond acceptors (Lipinski definition) is 2. The second-order valence-electron chi connectivity index (χ2n) is 3.39. The van der Waals surface area contributed by atoms with Crippen LogP contribution in [0.5, 0.6) is 5.75 Å². The van der Waals surface area contributed by atoms with Crippen LogP contribution in [0.4, 0.5) is 0 Å². The van der Waals surface area contributed by atoms with Crippen molar-refractivity contribution in [1.82, 2.24) is 4.98 Å². The summed E-state index contributed by atoms with van der Waals surface area (Å²) >= 11 is 0. The number of aromatic nitrogens is 1. The molecular formula is C11H11NO2. The first-order valence-electron chi connectivity index (χ1n) is 4.46. The van der Waals surface area contributed by atoms with Crippen molar-refractivity contribution in [3.05, 3.63) is 30.0 Å². The van der Waals surface area contributed by atoms with Crippen LogP contribution in [-0.2, 0) is 11.2 Å². The smallest absolute Gasteiger partial charge is 0.134 e. The zero-order valence-electron chi connectivity index (χ0n) is 7.87.